The summed E-state index contributed by atoms with van der Waals surface area (Å²) < 4.78 is 63.7. The maximum absolute atomic E-state index is 12.8. The summed E-state index contributed by atoms with van der Waals surface area (Å²) in [5, 5.41) is 10.5. The van der Waals surface area contributed by atoms with E-state index >= 15 is 0 Å². The summed E-state index contributed by atoms with van der Waals surface area (Å²) in [6.45, 7) is -0.357. The number of hydrogen-bond acceptors (Lipinski definition) is 5. The summed E-state index contributed by atoms with van der Waals surface area (Å²) in [6, 6.07) is 1.41. The predicted octanol–water partition coefficient (Wildman–Crippen LogP) is 1.27. The standard InChI is InChI=1S/C9H10F3N3O4S.ClH/c10-9(11,12)7-5-6(15(16)17)1-2-8(7)20(18,19)14-4-3-13;/h1-2,5,14H,3-4,13H2;1H. The van der Waals surface area contributed by atoms with Crippen LogP contribution in [-0.2, 0) is 16.2 Å². The Labute approximate surface area is 123 Å². The third kappa shape index (κ3) is 4.81. The summed E-state index contributed by atoms with van der Waals surface area (Å²) in [7, 11) is -4.45. The minimum Gasteiger partial charge on any atom is -0.329 e. The number of nitro groups is 1. The van der Waals surface area contributed by atoms with Crippen molar-refractivity contribution in [3.63, 3.8) is 0 Å². The zero-order valence-corrected chi connectivity index (χ0v) is 11.9. The molecule has 0 bridgehead atoms. The first-order valence-electron chi connectivity index (χ1n) is 5.15. The predicted molar refractivity (Wildman–Crippen MR) is 69.6 cm³/mol. The van der Waals surface area contributed by atoms with Crippen LogP contribution in [0.2, 0.25) is 0 Å². The third-order valence-electron chi connectivity index (χ3n) is 2.21. The number of nitrogens with two attached hydrogens (primary N) is 1. The van der Waals surface area contributed by atoms with Crippen LogP contribution in [0.15, 0.2) is 23.1 Å². The topological polar surface area (TPSA) is 115 Å². The second kappa shape index (κ2) is 7.02. The van der Waals surface area contributed by atoms with Gasteiger partial charge in [0.1, 0.15) is 0 Å². The van der Waals surface area contributed by atoms with E-state index in [1.54, 1.807) is 0 Å². The van der Waals surface area contributed by atoms with Crippen LogP contribution in [0.4, 0.5) is 18.9 Å². The van der Waals surface area contributed by atoms with Gasteiger partial charge in [0.05, 0.1) is 15.4 Å². The van der Waals surface area contributed by atoms with E-state index in [1.807, 2.05) is 4.72 Å². The van der Waals surface area contributed by atoms with Crippen LogP contribution >= 0.6 is 12.4 Å². The molecule has 0 aliphatic carbocycles. The van der Waals surface area contributed by atoms with E-state index in [9.17, 15) is 31.7 Å². The Kier molecular flexibility index (Phi) is 6.54. The lowest BCUT2D eigenvalue weighted by Gasteiger charge is -2.13. The fraction of sp³-hybridized carbons (Fsp3) is 0.333. The van der Waals surface area contributed by atoms with Gasteiger partial charge in [0.2, 0.25) is 10.0 Å². The summed E-state index contributed by atoms with van der Waals surface area (Å²) in [5.74, 6) is 0. The summed E-state index contributed by atoms with van der Waals surface area (Å²) >= 11 is 0. The lowest BCUT2D eigenvalue weighted by Crippen LogP contribution is -2.30. The van der Waals surface area contributed by atoms with Gasteiger partial charge in [-0.15, -0.1) is 12.4 Å². The van der Waals surface area contributed by atoms with Crippen molar-refractivity contribution in [2.24, 2.45) is 5.73 Å². The Hall–Kier alpha value is -1.43. The van der Waals surface area contributed by atoms with E-state index < -0.39 is 37.3 Å². The molecule has 0 radical (unpaired) electrons. The fourth-order valence-electron chi connectivity index (χ4n) is 1.36. The molecule has 0 saturated carbocycles. The molecular formula is C9H11ClF3N3O4S. The molecule has 1 aromatic rings. The summed E-state index contributed by atoms with van der Waals surface area (Å²) in [4.78, 5) is 8.35. The van der Waals surface area contributed by atoms with Crippen molar-refractivity contribution < 1.29 is 26.5 Å². The highest BCUT2D eigenvalue weighted by Crippen LogP contribution is 2.36. The van der Waals surface area contributed by atoms with Crippen molar-refractivity contribution in [2.75, 3.05) is 13.1 Å². The first-order chi connectivity index (χ1) is 9.09. The number of sulfonamides is 1. The Bertz CT molecular complexity index is 621. The van der Waals surface area contributed by atoms with Crippen LogP contribution in [0.3, 0.4) is 0 Å². The van der Waals surface area contributed by atoms with Gasteiger partial charge < -0.3 is 5.73 Å². The average molecular weight is 350 g/mol. The van der Waals surface area contributed by atoms with Gasteiger partial charge in [0, 0.05) is 25.2 Å². The Morgan fingerprint density at radius 1 is 1.33 bits per heavy atom. The molecule has 1 rings (SSSR count). The molecular weight excluding hydrogens is 339 g/mol. The number of nitrogens with one attached hydrogen (secondary N) is 1. The van der Waals surface area contributed by atoms with E-state index in [0.717, 1.165) is 0 Å². The molecule has 120 valence electrons. The van der Waals surface area contributed by atoms with Crippen LogP contribution in [0.25, 0.3) is 0 Å². The Morgan fingerprint density at radius 2 is 1.90 bits per heavy atom. The van der Waals surface area contributed by atoms with Crippen molar-refractivity contribution in [3.05, 3.63) is 33.9 Å². The van der Waals surface area contributed by atoms with Gasteiger partial charge in [-0.3, -0.25) is 10.1 Å². The van der Waals surface area contributed by atoms with E-state index in [2.05, 4.69) is 0 Å². The van der Waals surface area contributed by atoms with Gasteiger partial charge in [0.25, 0.3) is 5.69 Å². The minimum atomic E-state index is -5.04. The number of nitrogens with zero attached hydrogens (tertiary/aromatic N) is 1. The molecule has 0 atom stereocenters. The highest BCUT2D eigenvalue weighted by atomic mass is 35.5. The number of rotatable bonds is 5. The quantitative estimate of drug-likeness (QED) is 0.613. The molecule has 1 aromatic carbocycles. The SMILES string of the molecule is Cl.NCCNS(=O)(=O)c1ccc([N+](=O)[O-])cc1C(F)(F)F. The summed E-state index contributed by atoms with van der Waals surface area (Å²) in [6.07, 6.45) is -5.04. The van der Waals surface area contributed by atoms with Crippen molar-refractivity contribution in [1.29, 1.82) is 0 Å². The van der Waals surface area contributed by atoms with E-state index in [1.165, 1.54) is 0 Å². The molecule has 0 aromatic heterocycles. The smallest absolute Gasteiger partial charge is 0.329 e. The van der Waals surface area contributed by atoms with Gasteiger partial charge in [-0.2, -0.15) is 13.2 Å². The van der Waals surface area contributed by atoms with Crippen LogP contribution in [-0.4, -0.2) is 26.4 Å². The zero-order chi connectivity index (χ0) is 15.6. The zero-order valence-electron chi connectivity index (χ0n) is 10.3. The number of benzene rings is 1. The third-order valence-corrected chi connectivity index (χ3v) is 3.72. The van der Waals surface area contributed by atoms with Gasteiger partial charge in [-0.05, 0) is 6.07 Å². The van der Waals surface area contributed by atoms with Crippen LogP contribution in [0.5, 0.6) is 0 Å². The molecule has 0 aliphatic rings. The van der Waals surface area contributed by atoms with Crippen molar-refractivity contribution in [1.82, 2.24) is 4.72 Å². The number of non-ortho nitro benzene ring substituents is 1. The van der Waals surface area contributed by atoms with Crippen LogP contribution < -0.4 is 10.5 Å². The van der Waals surface area contributed by atoms with E-state index in [-0.39, 0.29) is 31.6 Å². The highest BCUT2D eigenvalue weighted by Gasteiger charge is 2.38. The molecule has 12 heteroatoms. The molecule has 0 fully saturated rings. The maximum atomic E-state index is 12.8. The number of alkyl halides is 3. The number of hydrogen-bond donors (Lipinski definition) is 2. The van der Waals surface area contributed by atoms with Gasteiger partial charge in [-0.1, -0.05) is 0 Å². The number of nitro benzene ring substituents is 1. The molecule has 3 N–H and O–H groups in total. The molecule has 0 amide bonds. The molecule has 0 aliphatic heterocycles. The van der Waals surface area contributed by atoms with Crippen molar-refractivity contribution in [3.8, 4) is 0 Å². The van der Waals surface area contributed by atoms with Gasteiger partial charge in [0.15, 0.2) is 0 Å². The van der Waals surface area contributed by atoms with Gasteiger partial charge >= 0.3 is 6.18 Å². The normalized spacial score (nSPS) is 11.8. The van der Waals surface area contributed by atoms with Gasteiger partial charge in [-0.25, -0.2) is 13.1 Å². The summed E-state index contributed by atoms with van der Waals surface area (Å²) in [5.41, 5.74) is 2.61. The largest absolute Gasteiger partial charge is 0.417 e. The fourth-order valence-corrected chi connectivity index (χ4v) is 2.61. The van der Waals surface area contributed by atoms with Crippen molar-refractivity contribution in [2.45, 2.75) is 11.1 Å². The molecule has 0 saturated heterocycles. The van der Waals surface area contributed by atoms with E-state index in [0.29, 0.717) is 12.1 Å². The Morgan fingerprint density at radius 3 is 2.33 bits per heavy atom. The molecule has 0 heterocycles. The second-order valence-corrected chi connectivity index (χ2v) is 5.36. The lowest BCUT2D eigenvalue weighted by molar-refractivity contribution is -0.385. The highest BCUT2D eigenvalue weighted by molar-refractivity contribution is 7.89. The van der Waals surface area contributed by atoms with Crippen LogP contribution in [0, 0.1) is 10.1 Å². The average Bonchev–Trinajstić information content (AvgIpc) is 2.34. The monoisotopic (exact) mass is 349 g/mol. The first kappa shape index (κ1) is 19.6. The molecule has 7 nitrogen and oxygen atoms in total. The minimum absolute atomic E-state index is 0. The second-order valence-electron chi connectivity index (χ2n) is 3.62. The van der Waals surface area contributed by atoms with Crippen LogP contribution in [0.1, 0.15) is 5.56 Å². The maximum Gasteiger partial charge on any atom is 0.417 e. The van der Waals surface area contributed by atoms with E-state index in [4.69, 9.17) is 5.73 Å². The Balaban J connectivity index is 0.00000400. The first-order valence-corrected chi connectivity index (χ1v) is 6.63. The lowest BCUT2D eigenvalue weighted by atomic mass is 10.2. The molecule has 0 spiro atoms. The van der Waals surface area contributed by atoms with Crippen molar-refractivity contribution >= 4 is 28.1 Å². The molecule has 0 unspecified atom stereocenters. The number of halogens is 4. The molecule has 21 heavy (non-hydrogen) atoms.